The second kappa shape index (κ2) is 5.33. The molecule has 0 unspecified atom stereocenters. The monoisotopic (exact) mass is 264 g/mol. The van der Waals surface area contributed by atoms with Gasteiger partial charge in [-0.25, -0.2) is 0 Å². The van der Waals surface area contributed by atoms with Crippen LogP contribution in [0.5, 0.6) is 0 Å². The van der Waals surface area contributed by atoms with E-state index in [0.717, 1.165) is 24.9 Å². The molecule has 2 rings (SSSR count). The van der Waals surface area contributed by atoms with Gasteiger partial charge < -0.3 is 11.1 Å². The molecule has 19 heavy (non-hydrogen) atoms. The van der Waals surface area contributed by atoms with E-state index in [9.17, 15) is 4.79 Å². The first kappa shape index (κ1) is 14.1. The fraction of sp³-hybridized carbons (Fsp3) is 0.714. The molecule has 106 valence electrons. The molecule has 1 aliphatic rings. The number of aromatic nitrogens is 2. The molecule has 0 saturated heterocycles. The van der Waals surface area contributed by atoms with Crippen molar-refractivity contribution in [2.75, 3.05) is 5.32 Å². The van der Waals surface area contributed by atoms with E-state index in [1.165, 1.54) is 0 Å². The smallest absolute Gasteiger partial charge is 0.224 e. The molecule has 5 nitrogen and oxygen atoms in total. The Kier molecular flexibility index (Phi) is 3.94. The summed E-state index contributed by atoms with van der Waals surface area (Å²) in [5.41, 5.74) is 6.67. The molecule has 5 heteroatoms. The average Bonchev–Trinajstić information content (AvgIpc) is 2.88. The minimum atomic E-state index is -0.0726. The number of nitrogens with zero attached hydrogens (tertiary/aromatic N) is 2. The molecular formula is C14H24N4O. The fourth-order valence-electron chi connectivity index (χ4n) is 2.52. The Morgan fingerprint density at radius 1 is 1.53 bits per heavy atom. The van der Waals surface area contributed by atoms with Crippen LogP contribution in [0.3, 0.4) is 0 Å². The van der Waals surface area contributed by atoms with E-state index in [1.54, 1.807) is 6.20 Å². The first-order valence-corrected chi connectivity index (χ1v) is 6.97. The summed E-state index contributed by atoms with van der Waals surface area (Å²) in [5.74, 6) is 0.369. The summed E-state index contributed by atoms with van der Waals surface area (Å²) in [6.07, 6.45) is 7.32. The number of hydrogen-bond donors (Lipinski definition) is 2. The summed E-state index contributed by atoms with van der Waals surface area (Å²) in [7, 11) is 0. The SMILES string of the molecule is CC(C)(C)n1cc(NC(=O)C[C@@H]2CCC[C@H]2N)cn1. The van der Waals surface area contributed by atoms with Crippen molar-refractivity contribution in [1.82, 2.24) is 9.78 Å². The second-order valence-electron chi connectivity index (χ2n) is 6.45. The van der Waals surface area contributed by atoms with Crippen molar-refractivity contribution in [3.05, 3.63) is 12.4 Å². The highest BCUT2D eigenvalue weighted by molar-refractivity contribution is 5.90. The maximum Gasteiger partial charge on any atom is 0.224 e. The van der Waals surface area contributed by atoms with Gasteiger partial charge in [0.15, 0.2) is 0 Å². The summed E-state index contributed by atoms with van der Waals surface area (Å²) >= 11 is 0. The van der Waals surface area contributed by atoms with Crippen LogP contribution in [-0.2, 0) is 10.3 Å². The van der Waals surface area contributed by atoms with E-state index in [-0.39, 0.29) is 17.5 Å². The van der Waals surface area contributed by atoms with Crippen molar-refractivity contribution in [3.8, 4) is 0 Å². The zero-order valence-electron chi connectivity index (χ0n) is 12.0. The maximum absolute atomic E-state index is 12.0. The van der Waals surface area contributed by atoms with E-state index < -0.39 is 0 Å². The number of nitrogens with two attached hydrogens (primary N) is 1. The fourth-order valence-corrected chi connectivity index (χ4v) is 2.52. The van der Waals surface area contributed by atoms with Crippen molar-refractivity contribution in [3.63, 3.8) is 0 Å². The highest BCUT2D eigenvalue weighted by Gasteiger charge is 2.26. The van der Waals surface area contributed by atoms with Crippen molar-refractivity contribution < 1.29 is 4.79 Å². The molecule has 1 saturated carbocycles. The van der Waals surface area contributed by atoms with Crippen LogP contribution in [0.2, 0.25) is 0 Å². The van der Waals surface area contributed by atoms with Crippen molar-refractivity contribution in [2.45, 2.75) is 58.0 Å². The number of anilines is 1. The molecule has 3 N–H and O–H groups in total. The zero-order chi connectivity index (χ0) is 14.0. The van der Waals surface area contributed by atoms with Gasteiger partial charge in [0.2, 0.25) is 5.91 Å². The third-order valence-electron chi connectivity index (χ3n) is 3.72. The molecule has 1 amide bonds. The van der Waals surface area contributed by atoms with Crippen LogP contribution in [0, 0.1) is 5.92 Å². The lowest BCUT2D eigenvalue weighted by Crippen LogP contribution is -2.28. The van der Waals surface area contributed by atoms with Gasteiger partial charge in [-0.3, -0.25) is 9.48 Å². The third-order valence-corrected chi connectivity index (χ3v) is 3.72. The van der Waals surface area contributed by atoms with Crippen molar-refractivity contribution >= 4 is 11.6 Å². The van der Waals surface area contributed by atoms with Crippen LogP contribution in [-0.4, -0.2) is 21.7 Å². The molecule has 0 radical (unpaired) electrons. The van der Waals surface area contributed by atoms with Gasteiger partial charge in [-0.2, -0.15) is 5.10 Å². The molecule has 1 aliphatic carbocycles. The summed E-state index contributed by atoms with van der Waals surface area (Å²) in [5, 5.41) is 7.17. The third kappa shape index (κ3) is 3.56. The number of rotatable bonds is 3. The van der Waals surface area contributed by atoms with E-state index in [0.29, 0.717) is 12.3 Å². The molecule has 1 aromatic rings. The molecule has 1 heterocycles. The van der Waals surface area contributed by atoms with Gasteiger partial charge >= 0.3 is 0 Å². The first-order valence-electron chi connectivity index (χ1n) is 6.97. The van der Waals surface area contributed by atoms with Gasteiger partial charge in [0.05, 0.1) is 17.4 Å². The predicted molar refractivity (Wildman–Crippen MR) is 75.8 cm³/mol. The van der Waals surface area contributed by atoms with Crippen molar-refractivity contribution in [2.24, 2.45) is 11.7 Å². The Balaban J connectivity index is 1.90. The van der Waals surface area contributed by atoms with E-state index in [4.69, 9.17) is 5.73 Å². The van der Waals surface area contributed by atoms with Gasteiger partial charge in [-0.15, -0.1) is 0 Å². The quantitative estimate of drug-likeness (QED) is 0.878. The largest absolute Gasteiger partial charge is 0.327 e. The lowest BCUT2D eigenvalue weighted by Gasteiger charge is -2.18. The zero-order valence-corrected chi connectivity index (χ0v) is 12.0. The van der Waals surface area contributed by atoms with E-state index >= 15 is 0 Å². The predicted octanol–water partition coefficient (Wildman–Crippen LogP) is 2.09. The number of amides is 1. The summed E-state index contributed by atoms with van der Waals surface area (Å²) in [4.78, 5) is 12.0. The molecule has 1 fully saturated rings. The molecular weight excluding hydrogens is 240 g/mol. The first-order chi connectivity index (χ1) is 8.86. The molecule has 1 aromatic heterocycles. The Labute approximate surface area is 114 Å². The van der Waals surface area contributed by atoms with Gasteiger partial charge in [0, 0.05) is 18.7 Å². The molecule has 0 aromatic carbocycles. The summed E-state index contributed by atoms with van der Waals surface area (Å²) < 4.78 is 1.85. The minimum absolute atomic E-state index is 0.0378. The normalized spacial score (nSPS) is 23.6. The van der Waals surface area contributed by atoms with Gasteiger partial charge in [0.25, 0.3) is 0 Å². The topological polar surface area (TPSA) is 72.9 Å². The number of carbonyl (C=O) groups excluding carboxylic acids is 1. The molecule has 0 bridgehead atoms. The average molecular weight is 264 g/mol. The second-order valence-corrected chi connectivity index (χ2v) is 6.45. The van der Waals surface area contributed by atoms with Crippen LogP contribution in [0.25, 0.3) is 0 Å². The Bertz CT molecular complexity index is 447. The van der Waals surface area contributed by atoms with Crippen LogP contribution in [0.1, 0.15) is 46.5 Å². The maximum atomic E-state index is 12.0. The van der Waals surface area contributed by atoms with E-state index in [1.807, 2.05) is 10.9 Å². The lowest BCUT2D eigenvalue weighted by atomic mass is 10.00. The Morgan fingerprint density at radius 2 is 2.26 bits per heavy atom. The van der Waals surface area contributed by atoms with E-state index in [2.05, 4.69) is 31.2 Å². The van der Waals surface area contributed by atoms with Gasteiger partial charge in [-0.1, -0.05) is 6.42 Å². The standard InChI is InChI=1S/C14H24N4O/c1-14(2,3)18-9-11(8-16-18)17-13(19)7-10-5-4-6-12(10)15/h8-10,12H,4-7,15H2,1-3H3,(H,17,19)/t10-,12+/m0/s1. The molecule has 2 atom stereocenters. The van der Waals surface area contributed by atoms with Gasteiger partial charge in [0.1, 0.15) is 0 Å². The number of carbonyl (C=O) groups is 1. The van der Waals surface area contributed by atoms with Crippen LogP contribution in [0.15, 0.2) is 12.4 Å². The highest BCUT2D eigenvalue weighted by Crippen LogP contribution is 2.27. The Hall–Kier alpha value is -1.36. The van der Waals surface area contributed by atoms with Gasteiger partial charge in [-0.05, 0) is 39.5 Å². The van der Waals surface area contributed by atoms with Crippen LogP contribution < -0.4 is 11.1 Å². The summed E-state index contributed by atoms with van der Waals surface area (Å²) in [6.45, 7) is 6.22. The number of hydrogen-bond acceptors (Lipinski definition) is 3. The Morgan fingerprint density at radius 3 is 2.79 bits per heavy atom. The lowest BCUT2D eigenvalue weighted by molar-refractivity contribution is -0.117. The minimum Gasteiger partial charge on any atom is -0.327 e. The highest BCUT2D eigenvalue weighted by atomic mass is 16.1. The van der Waals surface area contributed by atoms with Crippen molar-refractivity contribution in [1.29, 1.82) is 0 Å². The summed E-state index contributed by atoms with van der Waals surface area (Å²) in [6, 6.07) is 0.183. The molecule has 0 aliphatic heterocycles. The molecule has 0 spiro atoms. The van der Waals surface area contributed by atoms with Crippen LogP contribution in [0.4, 0.5) is 5.69 Å². The number of nitrogens with one attached hydrogen (secondary N) is 1. The van der Waals surface area contributed by atoms with Crippen LogP contribution >= 0.6 is 0 Å².